The topological polar surface area (TPSA) is 58.3 Å². The second kappa shape index (κ2) is 4.96. The van der Waals surface area contributed by atoms with Crippen molar-refractivity contribution in [3.8, 4) is 11.4 Å². The van der Waals surface area contributed by atoms with Gasteiger partial charge in [0.1, 0.15) is 5.69 Å². The quantitative estimate of drug-likeness (QED) is 0.904. The van der Waals surface area contributed by atoms with Crippen LogP contribution in [0.4, 0.5) is 0 Å². The van der Waals surface area contributed by atoms with Gasteiger partial charge >= 0.3 is 0 Å². The molecule has 2 aromatic rings. The zero-order valence-electron chi connectivity index (χ0n) is 10.4. The molecule has 0 bridgehead atoms. The van der Waals surface area contributed by atoms with Gasteiger partial charge in [-0.05, 0) is 25.0 Å². The zero-order chi connectivity index (χ0) is 13.4. The van der Waals surface area contributed by atoms with E-state index in [2.05, 4.69) is 9.55 Å². The molecule has 2 aromatic heterocycles. The highest BCUT2D eigenvalue weighted by Gasteiger charge is 2.27. The Morgan fingerprint density at radius 2 is 2.05 bits per heavy atom. The summed E-state index contributed by atoms with van der Waals surface area (Å²) in [5.74, 6) is 0. The molecule has 0 saturated carbocycles. The van der Waals surface area contributed by atoms with Crippen molar-refractivity contribution in [2.24, 2.45) is 0 Å². The van der Waals surface area contributed by atoms with E-state index in [1.165, 1.54) is 0 Å². The fraction of sp³-hybridized carbons (Fsp3) is 0.357. The van der Waals surface area contributed by atoms with Crippen molar-refractivity contribution in [1.82, 2.24) is 9.55 Å². The van der Waals surface area contributed by atoms with E-state index in [1.54, 1.807) is 18.3 Å². The normalized spacial score (nSPS) is 13.8. The number of hydrogen-bond acceptors (Lipinski definition) is 3. The smallest absolute Gasteiger partial charge is 0.106 e. The van der Waals surface area contributed by atoms with Gasteiger partial charge in [0.15, 0.2) is 0 Å². The van der Waals surface area contributed by atoms with Crippen molar-refractivity contribution in [3.05, 3.63) is 40.2 Å². The van der Waals surface area contributed by atoms with Crippen molar-refractivity contribution >= 4 is 11.6 Å². The lowest BCUT2D eigenvalue weighted by Gasteiger charge is -2.09. The molecule has 5 heteroatoms. The third-order valence-electron chi connectivity index (χ3n) is 3.69. The summed E-state index contributed by atoms with van der Waals surface area (Å²) in [6.45, 7) is 0.707. The predicted octanol–water partition coefficient (Wildman–Crippen LogP) is 2.13. The lowest BCUT2D eigenvalue weighted by molar-refractivity contribution is 0.260. The fourth-order valence-electron chi connectivity index (χ4n) is 2.90. The van der Waals surface area contributed by atoms with E-state index in [-0.39, 0.29) is 13.2 Å². The number of nitrogens with zero attached hydrogens (tertiary/aromatic N) is 2. The van der Waals surface area contributed by atoms with Crippen molar-refractivity contribution in [2.75, 3.05) is 0 Å². The van der Waals surface area contributed by atoms with Crippen LogP contribution in [0, 0.1) is 0 Å². The Labute approximate surface area is 116 Å². The molecule has 0 atom stereocenters. The summed E-state index contributed by atoms with van der Waals surface area (Å²) in [6.07, 6.45) is 3.66. The average Bonchev–Trinajstić information content (AvgIpc) is 2.98. The Morgan fingerprint density at radius 1 is 1.26 bits per heavy atom. The summed E-state index contributed by atoms with van der Waals surface area (Å²) in [5.41, 5.74) is 4.21. The van der Waals surface area contributed by atoms with Crippen LogP contribution in [0.2, 0.25) is 5.02 Å². The Hall–Kier alpha value is -1.36. The van der Waals surface area contributed by atoms with E-state index >= 15 is 0 Å². The molecule has 0 fully saturated rings. The first-order valence-corrected chi connectivity index (χ1v) is 6.71. The molecule has 0 aliphatic carbocycles. The van der Waals surface area contributed by atoms with Crippen LogP contribution in [0.3, 0.4) is 0 Å². The molecule has 0 spiro atoms. The lowest BCUT2D eigenvalue weighted by atomic mass is 10.1. The molecule has 0 amide bonds. The number of aliphatic hydroxyl groups excluding tert-OH is 2. The van der Waals surface area contributed by atoms with Gasteiger partial charge in [0.25, 0.3) is 0 Å². The highest BCUT2D eigenvalue weighted by molar-refractivity contribution is 6.33. The molecular formula is C14H15ClN2O2. The minimum absolute atomic E-state index is 0.0598. The summed E-state index contributed by atoms with van der Waals surface area (Å²) in [6, 6.07) is 3.57. The maximum atomic E-state index is 9.64. The zero-order valence-corrected chi connectivity index (χ0v) is 11.2. The number of fused-ring (bicyclic) bond motifs is 1. The Morgan fingerprint density at radius 3 is 2.74 bits per heavy atom. The van der Waals surface area contributed by atoms with Crippen LogP contribution in [0.25, 0.3) is 11.4 Å². The minimum atomic E-state index is -0.113. The molecule has 0 radical (unpaired) electrons. The van der Waals surface area contributed by atoms with Gasteiger partial charge in [-0.25, -0.2) is 0 Å². The Balaban J connectivity index is 2.29. The molecule has 1 aliphatic heterocycles. The van der Waals surface area contributed by atoms with Crippen LogP contribution in [0.15, 0.2) is 18.3 Å². The molecule has 0 saturated heterocycles. The highest BCUT2D eigenvalue weighted by Crippen LogP contribution is 2.37. The second-order valence-electron chi connectivity index (χ2n) is 4.66. The molecular weight excluding hydrogens is 264 g/mol. The van der Waals surface area contributed by atoms with E-state index < -0.39 is 0 Å². The number of halogens is 1. The molecule has 0 unspecified atom stereocenters. The van der Waals surface area contributed by atoms with Gasteiger partial charge in [-0.3, -0.25) is 4.98 Å². The molecule has 100 valence electrons. The van der Waals surface area contributed by atoms with E-state index in [4.69, 9.17) is 11.6 Å². The number of pyridine rings is 1. The van der Waals surface area contributed by atoms with Crippen molar-refractivity contribution in [1.29, 1.82) is 0 Å². The van der Waals surface area contributed by atoms with Gasteiger partial charge in [-0.2, -0.15) is 0 Å². The van der Waals surface area contributed by atoms with Crippen LogP contribution in [0.1, 0.15) is 23.2 Å². The third-order valence-corrected chi connectivity index (χ3v) is 3.99. The summed E-state index contributed by atoms with van der Waals surface area (Å²) in [4.78, 5) is 4.34. The Kier molecular flexibility index (Phi) is 3.31. The van der Waals surface area contributed by atoms with Crippen LogP contribution >= 0.6 is 11.6 Å². The number of hydrogen-bond donors (Lipinski definition) is 2. The van der Waals surface area contributed by atoms with Gasteiger partial charge in [0.2, 0.25) is 0 Å². The first-order chi connectivity index (χ1) is 9.27. The molecule has 2 N–H and O–H groups in total. The first-order valence-electron chi connectivity index (χ1n) is 6.33. The molecule has 4 nitrogen and oxygen atoms in total. The molecule has 3 rings (SSSR count). The standard InChI is InChI=1S/C14H15ClN2O2/c15-11-3-1-5-16-13(11)14-10(8-19)9(7-18)12-4-2-6-17(12)14/h1,3,5,18-19H,2,4,6-8H2. The predicted molar refractivity (Wildman–Crippen MR) is 72.8 cm³/mol. The highest BCUT2D eigenvalue weighted by atomic mass is 35.5. The number of aliphatic hydroxyl groups is 2. The SMILES string of the molecule is OCc1c(CO)c(-c2ncccc2Cl)n2c1CCC2. The average molecular weight is 279 g/mol. The van der Waals surface area contributed by atoms with Gasteiger partial charge in [0.05, 0.1) is 23.9 Å². The third kappa shape index (κ3) is 1.87. The summed E-state index contributed by atoms with van der Waals surface area (Å²) in [7, 11) is 0. The first kappa shape index (κ1) is 12.7. The maximum Gasteiger partial charge on any atom is 0.106 e. The van der Waals surface area contributed by atoms with Gasteiger partial charge in [0, 0.05) is 29.6 Å². The van der Waals surface area contributed by atoms with Crippen LogP contribution < -0.4 is 0 Å². The van der Waals surface area contributed by atoms with E-state index in [0.29, 0.717) is 10.7 Å². The number of rotatable bonds is 3. The van der Waals surface area contributed by atoms with Crippen LogP contribution in [-0.4, -0.2) is 19.8 Å². The van der Waals surface area contributed by atoms with Gasteiger partial charge in [-0.15, -0.1) is 0 Å². The fourth-order valence-corrected chi connectivity index (χ4v) is 3.11. The van der Waals surface area contributed by atoms with E-state index in [9.17, 15) is 10.2 Å². The maximum absolute atomic E-state index is 9.64. The lowest BCUT2D eigenvalue weighted by Crippen LogP contribution is -2.00. The summed E-state index contributed by atoms with van der Waals surface area (Å²) < 4.78 is 2.13. The molecule has 0 aromatic carbocycles. The largest absolute Gasteiger partial charge is 0.392 e. The van der Waals surface area contributed by atoms with E-state index in [0.717, 1.165) is 41.9 Å². The minimum Gasteiger partial charge on any atom is -0.392 e. The summed E-state index contributed by atoms with van der Waals surface area (Å²) >= 11 is 6.22. The molecule has 1 aliphatic rings. The van der Waals surface area contributed by atoms with E-state index in [1.807, 2.05) is 0 Å². The van der Waals surface area contributed by atoms with Crippen LogP contribution in [-0.2, 0) is 26.2 Å². The summed E-state index contributed by atoms with van der Waals surface area (Å²) in [5, 5.41) is 19.8. The second-order valence-corrected chi connectivity index (χ2v) is 5.06. The van der Waals surface area contributed by atoms with Gasteiger partial charge < -0.3 is 14.8 Å². The van der Waals surface area contributed by atoms with Crippen molar-refractivity contribution in [3.63, 3.8) is 0 Å². The van der Waals surface area contributed by atoms with Crippen LogP contribution in [0.5, 0.6) is 0 Å². The van der Waals surface area contributed by atoms with Crippen molar-refractivity contribution < 1.29 is 10.2 Å². The monoisotopic (exact) mass is 278 g/mol. The number of aromatic nitrogens is 2. The molecule has 19 heavy (non-hydrogen) atoms. The molecule has 3 heterocycles. The Bertz CT molecular complexity index is 622. The van der Waals surface area contributed by atoms with Gasteiger partial charge in [-0.1, -0.05) is 11.6 Å². The van der Waals surface area contributed by atoms with Crippen molar-refractivity contribution in [2.45, 2.75) is 32.6 Å².